The summed E-state index contributed by atoms with van der Waals surface area (Å²) >= 11 is 0. The third kappa shape index (κ3) is 2.06. The normalized spacial score (nSPS) is 33.2. The zero-order valence-corrected chi connectivity index (χ0v) is 12.2. The molecule has 4 nitrogen and oxygen atoms in total. The first-order valence-electron chi connectivity index (χ1n) is 7.53. The Morgan fingerprint density at radius 1 is 1.19 bits per heavy atom. The molecule has 2 saturated heterocycles. The van der Waals surface area contributed by atoms with Gasteiger partial charge in [0.25, 0.3) is 0 Å². The van der Waals surface area contributed by atoms with Gasteiger partial charge in [0.1, 0.15) is 0 Å². The molecule has 4 heteroatoms. The quantitative estimate of drug-likeness (QED) is 0.869. The Morgan fingerprint density at radius 2 is 1.90 bits per heavy atom. The lowest BCUT2D eigenvalue weighted by Gasteiger charge is -2.50. The number of nitrogens with zero attached hydrogens (tertiary/aromatic N) is 2. The van der Waals surface area contributed by atoms with Gasteiger partial charge in [-0.2, -0.15) is 0 Å². The van der Waals surface area contributed by atoms with E-state index in [-0.39, 0.29) is 12.1 Å². The third-order valence-corrected chi connectivity index (χ3v) is 5.09. The molecule has 4 rings (SSSR count). The van der Waals surface area contributed by atoms with Crippen molar-refractivity contribution in [3.8, 4) is 0 Å². The van der Waals surface area contributed by atoms with E-state index in [1.165, 1.54) is 0 Å². The van der Waals surface area contributed by atoms with Gasteiger partial charge in [-0.25, -0.2) is 0 Å². The van der Waals surface area contributed by atoms with Crippen molar-refractivity contribution in [2.75, 3.05) is 20.3 Å². The van der Waals surface area contributed by atoms with Crippen LogP contribution in [0, 0.1) is 0 Å². The Labute approximate surface area is 124 Å². The van der Waals surface area contributed by atoms with Crippen LogP contribution in [0.3, 0.4) is 0 Å². The number of piperidine rings is 1. The molecule has 0 radical (unpaired) electrons. The maximum atomic E-state index is 11.3. The van der Waals surface area contributed by atoms with Crippen LogP contribution in [0.4, 0.5) is 0 Å². The molecule has 0 spiro atoms. The highest BCUT2D eigenvalue weighted by Crippen LogP contribution is 2.42. The number of rotatable bonds is 1. The fraction of sp³-hybridized carbons (Fsp3) is 0.471. The largest absolute Gasteiger partial charge is 0.385 e. The molecule has 21 heavy (non-hydrogen) atoms. The summed E-state index contributed by atoms with van der Waals surface area (Å²) in [5, 5.41) is 13.5. The standard InChI is InChI=1S/C17H20N2O2/c1-19-13-6-17(20,7-14(19)11-21-10-13)16-9-18-8-12-4-2-3-5-15(12)16/h2-5,8-9,13-14,20H,6-7,10-11H2,1H3. The van der Waals surface area contributed by atoms with Gasteiger partial charge in [-0.05, 0) is 25.3 Å². The van der Waals surface area contributed by atoms with Gasteiger partial charge >= 0.3 is 0 Å². The van der Waals surface area contributed by atoms with Gasteiger partial charge in [0.15, 0.2) is 0 Å². The number of hydrogen-bond donors (Lipinski definition) is 1. The predicted octanol–water partition coefficient (Wildman–Crippen LogP) is 1.92. The molecule has 2 aliphatic heterocycles. The van der Waals surface area contributed by atoms with Gasteiger partial charge in [0, 0.05) is 35.4 Å². The lowest BCUT2D eigenvalue weighted by atomic mass is 9.76. The third-order valence-electron chi connectivity index (χ3n) is 5.09. The van der Waals surface area contributed by atoms with Gasteiger partial charge in [-0.1, -0.05) is 24.3 Å². The van der Waals surface area contributed by atoms with Crippen molar-refractivity contribution in [2.45, 2.75) is 30.5 Å². The minimum absolute atomic E-state index is 0.279. The molecule has 2 unspecified atom stereocenters. The Morgan fingerprint density at radius 3 is 2.67 bits per heavy atom. The molecule has 1 N–H and O–H groups in total. The molecule has 2 aromatic rings. The molecule has 1 aromatic carbocycles. The minimum Gasteiger partial charge on any atom is -0.385 e. The smallest absolute Gasteiger partial charge is 0.0948 e. The van der Waals surface area contributed by atoms with Crippen molar-refractivity contribution in [1.82, 2.24) is 9.88 Å². The van der Waals surface area contributed by atoms with E-state index < -0.39 is 5.60 Å². The van der Waals surface area contributed by atoms with Crippen LogP contribution in [0.2, 0.25) is 0 Å². The fourth-order valence-corrected chi connectivity index (χ4v) is 3.85. The van der Waals surface area contributed by atoms with Crippen molar-refractivity contribution >= 4 is 10.8 Å². The SMILES string of the molecule is CN1C2COCC1CC(O)(c1cncc3ccccc13)C2. The van der Waals surface area contributed by atoms with E-state index >= 15 is 0 Å². The molecule has 2 atom stereocenters. The summed E-state index contributed by atoms with van der Waals surface area (Å²) < 4.78 is 5.66. The summed E-state index contributed by atoms with van der Waals surface area (Å²) in [7, 11) is 2.14. The average molecular weight is 284 g/mol. The number of likely N-dealkylation sites (N-methyl/N-ethyl adjacent to an activating group) is 1. The van der Waals surface area contributed by atoms with Crippen LogP contribution in [0.25, 0.3) is 10.8 Å². The average Bonchev–Trinajstić information content (AvgIpc) is 2.48. The number of benzene rings is 1. The molecule has 1 aromatic heterocycles. The topological polar surface area (TPSA) is 45.6 Å². The van der Waals surface area contributed by atoms with Crippen LogP contribution in [0.5, 0.6) is 0 Å². The van der Waals surface area contributed by atoms with Crippen molar-refractivity contribution in [3.63, 3.8) is 0 Å². The van der Waals surface area contributed by atoms with E-state index in [1.54, 1.807) is 0 Å². The number of ether oxygens (including phenoxy) is 1. The summed E-state index contributed by atoms with van der Waals surface area (Å²) in [6.07, 6.45) is 5.11. The van der Waals surface area contributed by atoms with Crippen LogP contribution in [0.1, 0.15) is 18.4 Å². The Hall–Kier alpha value is -1.49. The van der Waals surface area contributed by atoms with Crippen LogP contribution >= 0.6 is 0 Å². The lowest BCUT2D eigenvalue weighted by Crippen LogP contribution is -2.59. The first-order valence-corrected chi connectivity index (χ1v) is 7.53. The van der Waals surface area contributed by atoms with Crippen molar-refractivity contribution in [2.24, 2.45) is 0 Å². The number of fused-ring (bicyclic) bond motifs is 3. The van der Waals surface area contributed by atoms with Crippen molar-refractivity contribution in [1.29, 1.82) is 0 Å². The van der Waals surface area contributed by atoms with E-state index in [2.05, 4.69) is 23.0 Å². The van der Waals surface area contributed by atoms with Crippen LogP contribution < -0.4 is 0 Å². The Bertz CT molecular complexity index is 653. The number of morpholine rings is 1. The van der Waals surface area contributed by atoms with E-state index in [1.807, 2.05) is 30.6 Å². The lowest BCUT2D eigenvalue weighted by molar-refractivity contribution is -0.137. The maximum Gasteiger partial charge on any atom is 0.0948 e. The highest BCUT2D eigenvalue weighted by Gasteiger charge is 2.46. The summed E-state index contributed by atoms with van der Waals surface area (Å²) in [5.74, 6) is 0. The van der Waals surface area contributed by atoms with Crippen molar-refractivity contribution < 1.29 is 9.84 Å². The molecule has 2 fully saturated rings. The number of aromatic nitrogens is 1. The molecule has 0 aliphatic carbocycles. The van der Waals surface area contributed by atoms with E-state index in [0.717, 1.165) is 16.3 Å². The molecular weight excluding hydrogens is 264 g/mol. The van der Waals surface area contributed by atoms with Crippen LogP contribution in [-0.4, -0.2) is 47.3 Å². The molecule has 0 amide bonds. The maximum absolute atomic E-state index is 11.3. The van der Waals surface area contributed by atoms with Crippen LogP contribution in [0.15, 0.2) is 36.7 Å². The molecule has 3 heterocycles. The molecule has 0 saturated carbocycles. The second-order valence-corrected chi connectivity index (χ2v) is 6.36. The van der Waals surface area contributed by atoms with Gasteiger partial charge in [0.2, 0.25) is 0 Å². The summed E-state index contributed by atoms with van der Waals surface area (Å²) in [6, 6.07) is 8.72. The molecular formula is C17H20N2O2. The molecule has 2 aliphatic rings. The van der Waals surface area contributed by atoms with Gasteiger partial charge in [-0.3, -0.25) is 9.88 Å². The van der Waals surface area contributed by atoms with E-state index in [0.29, 0.717) is 26.1 Å². The van der Waals surface area contributed by atoms with E-state index in [4.69, 9.17) is 4.74 Å². The first kappa shape index (κ1) is 13.2. The summed E-state index contributed by atoms with van der Waals surface area (Å²) in [6.45, 7) is 1.40. The highest BCUT2D eigenvalue weighted by atomic mass is 16.5. The van der Waals surface area contributed by atoms with Crippen molar-refractivity contribution in [3.05, 3.63) is 42.2 Å². The van der Waals surface area contributed by atoms with E-state index in [9.17, 15) is 5.11 Å². The fourth-order valence-electron chi connectivity index (χ4n) is 3.85. The predicted molar refractivity (Wildman–Crippen MR) is 81.0 cm³/mol. The van der Waals surface area contributed by atoms with Crippen LogP contribution in [-0.2, 0) is 10.3 Å². The van der Waals surface area contributed by atoms with Gasteiger partial charge in [0.05, 0.1) is 18.8 Å². The number of hydrogen-bond acceptors (Lipinski definition) is 4. The highest BCUT2D eigenvalue weighted by molar-refractivity contribution is 5.85. The Kier molecular flexibility index (Phi) is 2.99. The summed E-state index contributed by atoms with van der Waals surface area (Å²) in [4.78, 5) is 6.70. The van der Waals surface area contributed by atoms with Gasteiger partial charge in [-0.15, -0.1) is 0 Å². The first-order chi connectivity index (χ1) is 10.2. The minimum atomic E-state index is -0.806. The number of pyridine rings is 1. The Balaban J connectivity index is 1.81. The zero-order chi connectivity index (χ0) is 14.4. The number of aliphatic hydroxyl groups is 1. The van der Waals surface area contributed by atoms with Gasteiger partial charge < -0.3 is 9.84 Å². The second-order valence-electron chi connectivity index (χ2n) is 6.36. The monoisotopic (exact) mass is 284 g/mol. The molecule has 2 bridgehead atoms. The zero-order valence-electron chi connectivity index (χ0n) is 12.2. The summed E-state index contributed by atoms with van der Waals surface area (Å²) in [5.41, 5.74) is 0.157. The second kappa shape index (κ2) is 4.77. The molecule has 110 valence electrons.